The first kappa shape index (κ1) is 20.3. The van der Waals surface area contributed by atoms with Crippen LogP contribution >= 0.6 is 0 Å². The fraction of sp³-hybridized carbons (Fsp3) is 0.259. The summed E-state index contributed by atoms with van der Waals surface area (Å²) in [7, 11) is 1.70. The van der Waals surface area contributed by atoms with E-state index in [1.54, 1.807) is 13.3 Å². The summed E-state index contributed by atoms with van der Waals surface area (Å²) < 4.78 is 13.8. The van der Waals surface area contributed by atoms with E-state index in [1.165, 1.54) is 11.1 Å². The Morgan fingerprint density at radius 2 is 2.00 bits per heavy atom. The van der Waals surface area contributed by atoms with Crippen LogP contribution in [0.25, 0.3) is 22.0 Å². The van der Waals surface area contributed by atoms with Crippen molar-refractivity contribution < 1.29 is 9.47 Å². The van der Waals surface area contributed by atoms with Crippen molar-refractivity contribution in [1.29, 1.82) is 0 Å². The Labute approximate surface area is 188 Å². The van der Waals surface area contributed by atoms with Gasteiger partial charge in [0, 0.05) is 23.2 Å². The van der Waals surface area contributed by atoms with E-state index in [-0.39, 0.29) is 6.04 Å². The van der Waals surface area contributed by atoms with Gasteiger partial charge in [-0.15, -0.1) is 0 Å². The predicted molar refractivity (Wildman–Crippen MR) is 128 cm³/mol. The van der Waals surface area contributed by atoms with Gasteiger partial charge in [0.1, 0.15) is 12.4 Å². The molecule has 0 amide bonds. The van der Waals surface area contributed by atoms with Gasteiger partial charge in [-0.1, -0.05) is 19.1 Å². The van der Waals surface area contributed by atoms with Gasteiger partial charge in [-0.05, 0) is 84.5 Å². The number of benzene rings is 2. The molecule has 0 radical (unpaired) electrons. The number of hydrogen-bond acceptors (Lipinski definition) is 4. The molecule has 0 fully saturated rings. The quantitative estimate of drug-likeness (QED) is 0.386. The van der Waals surface area contributed by atoms with Gasteiger partial charge in [-0.3, -0.25) is 4.68 Å². The number of nitrogens with zero attached hydrogens (tertiary/aromatic N) is 3. The monoisotopic (exact) mass is 425 g/mol. The Morgan fingerprint density at radius 1 is 1.12 bits per heavy atom. The third-order valence-corrected chi connectivity index (χ3v) is 6.06. The fourth-order valence-electron chi connectivity index (χ4n) is 4.55. The first-order valence-electron chi connectivity index (χ1n) is 11.1. The highest BCUT2D eigenvalue weighted by atomic mass is 16.5. The zero-order valence-electron chi connectivity index (χ0n) is 18.9. The predicted octanol–water partition coefficient (Wildman–Crippen LogP) is 6.28. The van der Waals surface area contributed by atoms with E-state index < -0.39 is 0 Å². The van der Waals surface area contributed by atoms with Crippen molar-refractivity contribution >= 4 is 22.0 Å². The van der Waals surface area contributed by atoms with Gasteiger partial charge >= 0.3 is 0 Å². The number of hydrogen-bond donors (Lipinski definition) is 0. The maximum atomic E-state index is 6.21. The van der Waals surface area contributed by atoms with Gasteiger partial charge < -0.3 is 9.47 Å². The molecule has 0 spiro atoms. The fourth-order valence-corrected chi connectivity index (χ4v) is 4.55. The molecule has 0 unspecified atom stereocenters. The summed E-state index contributed by atoms with van der Waals surface area (Å²) in [5, 5.41) is 5.76. The van der Waals surface area contributed by atoms with Crippen molar-refractivity contribution in [2.24, 2.45) is 0 Å². The third-order valence-electron chi connectivity index (χ3n) is 6.06. The molecule has 0 saturated heterocycles. The normalized spacial score (nSPS) is 14.5. The number of rotatable bonds is 4. The Bertz CT molecular complexity index is 1330. The van der Waals surface area contributed by atoms with Crippen molar-refractivity contribution in [2.75, 3.05) is 7.11 Å². The summed E-state index contributed by atoms with van der Waals surface area (Å²) in [6.45, 7) is 6.96. The second-order valence-electron chi connectivity index (χ2n) is 8.33. The largest absolute Gasteiger partial charge is 0.497 e. The van der Waals surface area contributed by atoms with Gasteiger partial charge in [0.15, 0.2) is 0 Å². The van der Waals surface area contributed by atoms with Crippen LogP contribution < -0.4 is 9.47 Å². The minimum absolute atomic E-state index is 0.286. The van der Waals surface area contributed by atoms with Gasteiger partial charge in [-0.2, -0.15) is 5.10 Å². The lowest BCUT2D eigenvalue weighted by Gasteiger charge is -2.17. The van der Waals surface area contributed by atoms with Crippen molar-refractivity contribution in [3.8, 4) is 11.6 Å². The van der Waals surface area contributed by atoms with Crippen LogP contribution in [-0.2, 0) is 6.61 Å². The molecule has 2 aromatic carbocycles. The summed E-state index contributed by atoms with van der Waals surface area (Å²) in [5.41, 5.74) is 7.99. The Hall–Kier alpha value is -3.60. The van der Waals surface area contributed by atoms with Crippen LogP contribution in [0.5, 0.6) is 11.6 Å². The number of methoxy groups -OCH3 is 1. The van der Waals surface area contributed by atoms with Crippen LogP contribution in [0.3, 0.4) is 0 Å². The molecule has 3 heterocycles. The number of aromatic nitrogens is 3. The minimum atomic E-state index is 0.286. The van der Waals surface area contributed by atoms with Crippen LogP contribution in [0.2, 0.25) is 0 Å². The average Bonchev–Trinajstić information content (AvgIpc) is 3.17. The zero-order valence-corrected chi connectivity index (χ0v) is 18.9. The van der Waals surface area contributed by atoms with Gasteiger partial charge in [-0.25, -0.2) is 4.98 Å². The highest BCUT2D eigenvalue weighted by molar-refractivity contribution is 6.02. The molecule has 0 N–H and O–H groups in total. The summed E-state index contributed by atoms with van der Waals surface area (Å²) in [4.78, 5) is 4.56. The number of pyridine rings is 1. The zero-order chi connectivity index (χ0) is 22.2. The molecule has 32 heavy (non-hydrogen) atoms. The lowest BCUT2D eigenvalue weighted by molar-refractivity contribution is 0.295. The molecule has 5 rings (SSSR count). The molecular weight excluding hydrogens is 398 g/mol. The van der Waals surface area contributed by atoms with Crippen LogP contribution in [-0.4, -0.2) is 21.9 Å². The molecule has 1 aliphatic heterocycles. The SMILES string of the molecule is CCC(=C1c2cc3cnn(C(C)C)c3cc2COc2ncccc21)c1cccc(OC)c1. The maximum absolute atomic E-state index is 6.21. The van der Waals surface area contributed by atoms with Gasteiger partial charge in [0.2, 0.25) is 5.88 Å². The Kier molecular flexibility index (Phi) is 5.17. The molecule has 0 atom stereocenters. The molecule has 5 heteroatoms. The lowest BCUT2D eigenvalue weighted by atomic mass is 9.86. The standard InChI is InChI=1S/C27H27N3O2/c1-5-22(18-8-6-9-21(12-18)31-4)26-23-10-7-11-28-27(23)32-16-20-14-25-19(13-24(20)26)15-29-30(25)17(2)3/h6-15,17H,5,16H2,1-4H3. The molecule has 0 aliphatic carbocycles. The Balaban J connectivity index is 1.84. The van der Waals surface area contributed by atoms with E-state index in [0.29, 0.717) is 12.5 Å². The second kappa shape index (κ2) is 8.15. The molecule has 2 aromatic heterocycles. The van der Waals surface area contributed by atoms with E-state index in [1.807, 2.05) is 24.4 Å². The summed E-state index contributed by atoms with van der Waals surface area (Å²) in [6.07, 6.45) is 4.61. The lowest BCUT2D eigenvalue weighted by Crippen LogP contribution is -2.03. The third kappa shape index (κ3) is 3.34. The summed E-state index contributed by atoms with van der Waals surface area (Å²) >= 11 is 0. The maximum Gasteiger partial charge on any atom is 0.221 e. The van der Waals surface area contributed by atoms with Crippen LogP contribution in [0.4, 0.5) is 0 Å². The summed E-state index contributed by atoms with van der Waals surface area (Å²) in [6, 6.07) is 17.1. The van der Waals surface area contributed by atoms with Crippen molar-refractivity contribution in [1.82, 2.24) is 14.8 Å². The van der Waals surface area contributed by atoms with Crippen LogP contribution in [0.15, 0.2) is 60.9 Å². The first-order chi connectivity index (χ1) is 15.6. The number of fused-ring (bicyclic) bond motifs is 3. The van der Waals surface area contributed by atoms with E-state index in [2.05, 4.69) is 65.9 Å². The molecule has 0 saturated carbocycles. The average molecular weight is 426 g/mol. The number of allylic oxidation sites excluding steroid dienone is 1. The molecular formula is C27H27N3O2. The summed E-state index contributed by atoms with van der Waals surface area (Å²) in [5.74, 6) is 1.52. The van der Waals surface area contributed by atoms with Crippen molar-refractivity contribution in [3.05, 3.63) is 83.2 Å². The van der Waals surface area contributed by atoms with E-state index in [4.69, 9.17) is 9.47 Å². The van der Waals surface area contributed by atoms with Crippen molar-refractivity contribution in [2.45, 2.75) is 39.8 Å². The van der Waals surface area contributed by atoms with Crippen LogP contribution in [0.1, 0.15) is 55.5 Å². The molecule has 162 valence electrons. The van der Waals surface area contributed by atoms with Gasteiger partial charge in [0.05, 0.1) is 18.8 Å². The highest BCUT2D eigenvalue weighted by Gasteiger charge is 2.25. The molecule has 1 aliphatic rings. The van der Waals surface area contributed by atoms with E-state index in [0.717, 1.165) is 45.3 Å². The molecule has 5 nitrogen and oxygen atoms in total. The molecule has 4 aromatic rings. The van der Waals surface area contributed by atoms with E-state index in [9.17, 15) is 0 Å². The smallest absolute Gasteiger partial charge is 0.221 e. The molecule has 0 bridgehead atoms. The Morgan fingerprint density at radius 3 is 2.78 bits per heavy atom. The second-order valence-corrected chi connectivity index (χ2v) is 8.33. The number of ether oxygens (including phenoxy) is 2. The topological polar surface area (TPSA) is 49.2 Å². The van der Waals surface area contributed by atoms with Gasteiger partial charge in [0.25, 0.3) is 0 Å². The van der Waals surface area contributed by atoms with E-state index >= 15 is 0 Å². The first-order valence-corrected chi connectivity index (χ1v) is 11.1. The minimum Gasteiger partial charge on any atom is -0.497 e. The van der Waals surface area contributed by atoms with Crippen LogP contribution in [0, 0.1) is 0 Å². The highest BCUT2D eigenvalue weighted by Crippen LogP contribution is 2.43. The van der Waals surface area contributed by atoms with Crippen molar-refractivity contribution in [3.63, 3.8) is 0 Å².